The van der Waals surface area contributed by atoms with E-state index in [1.165, 1.54) is 21.3 Å². The molecule has 2 aliphatic heterocycles. The van der Waals surface area contributed by atoms with Crippen LogP contribution in [0.25, 0.3) is 0 Å². The van der Waals surface area contributed by atoms with E-state index >= 15 is 0 Å². The third-order valence-corrected chi connectivity index (χ3v) is 9.07. The molecule has 204 valence electrons. The standard InChI is InChI=1S/C23H34INO10S/c1-9-14(22(28)36-12-7-8-13(35-25)32-10(12)2)18(29-4)21(31-6)19(15(9)24)34-23-17(27)20(30-5)16(26)11(3)33-23/h10-13,16-17,20,23,26-27H,7-8,25H2,1-6H3/t10-,11+,12+,13+,16+,17-,20-,23+/m1/s1. The van der Waals surface area contributed by atoms with Crippen LogP contribution in [0.4, 0.5) is 0 Å². The van der Waals surface area contributed by atoms with Gasteiger partial charge in [-0.05, 0) is 55.3 Å². The Morgan fingerprint density at radius 3 is 2.25 bits per heavy atom. The van der Waals surface area contributed by atoms with E-state index in [0.717, 1.165) is 11.8 Å². The van der Waals surface area contributed by atoms with Crippen LogP contribution in [0.1, 0.15) is 42.6 Å². The van der Waals surface area contributed by atoms with Gasteiger partial charge in [0, 0.05) is 18.8 Å². The molecule has 0 amide bonds. The van der Waals surface area contributed by atoms with E-state index in [1.807, 2.05) is 6.92 Å². The minimum absolute atomic E-state index is 0.0998. The molecular weight excluding hydrogens is 609 g/mol. The van der Waals surface area contributed by atoms with Crippen LogP contribution in [-0.2, 0) is 19.0 Å². The van der Waals surface area contributed by atoms with Gasteiger partial charge in [-0.2, -0.15) is 0 Å². The Balaban J connectivity index is 1.93. The smallest absolute Gasteiger partial charge is 0.229 e. The van der Waals surface area contributed by atoms with Crippen LogP contribution in [0.5, 0.6) is 17.2 Å². The number of thioether (sulfide) groups is 1. The Labute approximate surface area is 228 Å². The average molecular weight is 643 g/mol. The lowest BCUT2D eigenvalue weighted by molar-refractivity contribution is -0.273. The largest absolute Gasteiger partial charge is 0.492 e. The molecule has 0 unspecified atom stereocenters. The zero-order chi connectivity index (χ0) is 26.7. The Hall–Kier alpha value is -0.910. The molecule has 0 aromatic heterocycles. The molecule has 11 nitrogen and oxygen atoms in total. The normalized spacial score (nSPS) is 32.7. The number of benzene rings is 1. The van der Waals surface area contributed by atoms with Crippen LogP contribution in [0, 0.1) is 10.5 Å². The fourth-order valence-corrected chi connectivity index (χ4v) is 6.16. The van der Waals surface area contributed by atoms with Gasteiger partial charge in [0.15, 0.2) is 17.8 Å². The zero-order valence-corrected chi connectivity index (χ0v) is 24.0. The molecule has 0 saturated carbocycles. The van der Waals surface area contributed by atoms with Crippen molar-refractivity contribution in [1.82, 2.24) is 0 Å². The van der Waals surface area contributed by atoms with E-state index in [1.54, 1.807) is 13.8 Å². The van der Waals surface area contributed by atoms with Gasteiger partial charge in [0.1, 0.15) is 18.3 Å². The van der Waals surface area contributed by atoms with Gasteiger partial charge in [-0.15, -0.1) is 0 Å². The average Bonchev–Trinajstić information content (AvgIpc) is 2.86. The van der Waals surface area contributed by atoms with Crippen LogP contribution in [0.15, 0.2) is 0 Å². The highest BCUT2D eigenvalue weighted by Crippen LogP contribution is 2.48. The Morgan fingerprint density at radius 2 is 1.69 bits per heavy atom. The Kier molecular flexibility index (Phi) is 10.5. The van der Waals surface area contributed by atoms with Crippen molar-refractivity contribution in [2.45, 2.75) is 82.0 Å². The van der Waals surface area contributed by atoms with Crippen molar-refractivity contribution in [2.24, 2.45) is 5.90 Å². The number of halogens is 1. The molecule has 2 fully saturated rings. The van der Waals surface area contributed by atoms with Crippen molar-refractivity contribution >= 4 is 39.5 Å². The van der Waals surface area contributed by atoms with Crippen LogP contribution in [-0.4, -0.2) is 85.0 Å². The second kappa shape index (κ2) is 12.8. The third-order valence-electron chi connectivity index (χ3n) is 6.43. The first-order valence-corrected chi connectivity index (χ1v) is 13.4. The summed E-state index contributed by atoms with van der Waals surface area (Å²) in [5.74, 6) is 5.88. The van der Waals surface area contributed by atoms with Crippen molar-refractivity contribution in [1.29, 1.82) is 0 Å². The summed E-state index contributed by atoms with van der Waals surface area (Å²) in [6.45, 7) is 5.32. The predicted molar refractivity (Wildman–Crippen MR) is 139 cm³/mol. The van der Waals surface area contributed by atoms with Gasteiger partial charge in [0.25, 0.3) is 0 Å². The summed E-state index contributed by atoms with van der Waals surface area (Å²) in [6.07, 6.45) is -4.49. The lowest BCUT2D eigenvalue weighted by Gasteiger charge is -2.40. The van der Waals surface area contributed by atoms with Crippen molar-refractivity contribution in [2.75, 3.05) is 21.3 Å². The van der Waals surface area contributed by atoms with Gasteiger partial charge in [-0.1, -0.05) is 11.8 Å². The van der Waals surface area contributed by atoms with E-state index in [0.29, 0.717) is 27.5 Å². The predicted octanol–water partition coefficient (Wildman–Crippen LogP) is 2.13. The summed E-state index contributed by atoms with van der Waals surface area (Å²) < 4.78 is 34.6. The highest BCUT2D eigenvalue weighted by Gasteiger charge is 2.45. The van der Waals surface area contributed by atoms with E-state index in [4.69, 9.17) is 39.2 Å². The van der Waals surface area contributed by atoms with E-state index in [-0.39, 0.29) is 33.7 Å². The summed E-state index contributed by atoms with van der Waals surface area (Å²) in [7, 11) is 4.27. The molecule has 1 aromatic rings. The minimum Gasteiger partial charge on any atom is -0.492 e. The number of aliphatic hydroxyl groups is 2. The molecular formula is C23H34INO10S. The van der Waals surface area contributed by atoms with Crippen LogP contribution in [0.3, 0.4) is 0 Å². The van der Waals surface area contributed by atoms with Crippen molar-refractivity contribution in [3.05, 3.63) is 14.7 Å². The molecule has 2 heterocycles. The molecule has 2 aliphatic rings. The maximum Gasteiger partial charge on any atom is 0.229 e. The Morgan fingerprint density at radius 1 is 1.03 bits per heavy atom. The van der Waals surface area contributed by atoms with Gasteiger partial charge in [0.05, 0.1) is 35.6 Å². The number of methoxy groups -OCH3 is 3. The fourth-order valence-electron chi connectivity index (χ4n) is 4.37. The number of ether oxygens (including phenoxy) is 6. The molecule has 13 heteroatoms. The maximum absolute atomic E-state index is 13.5. The van der Waals surface area contributed by atoms with Crippen molar-refractivity contribution in [3.8, 4) is 17.2 Å². The van der Waals surface area contributed by atoms with Gasteiger partial charge >= 0.3 is 0 Å². The lowest BCUT2D eigenvalue weighted by Crippen LogP contribution is -2.59. The molecule has 0 bridgehead atoms. The van der Waals surface area contributed by atoms with Gasteiger partial charge in [-0.25, -0.2) is 5.90 Å². The third kappa shape index (κ3) is 5.89. The summed E-state index contributed by atoms with van der Waals surface area (Å²) in [5, 5.41) is 20.7. The second-order valence-electron chi connectivity index (χ2n) is 8.65. The molecule has 0 aliphatic carbocycles. The SMILES string of the molecule is COc1c(O[C@@H]2O[C@@H](C)[C@H](O)[C@@H](OC)[C@H]2O)c(I)c(C)c(C(=O)S[C@H]2CC[C@H](ON)O[C@@H]2C)c1OC. The zero-order valence-electron chi connectivity index (χ0n) is 21.1. The van der Waals surface area contributed by atoms with Gasteiger partial charge in [0.2, 0.25) is 17.2 Å². The van der Waals surface area contributed by atoms with Gasteiger partial charge in [-0.3, -0.25) is 9.63 Å². The monoisotopic (exact) mass is 643 g/mol. The highest BCUT2D eigenvalue weighted by atomic mass is 127. The summed E-state index contributed by atoms with van der Waals surface area (Å²) >= 11 is 3.22. The number of carbonyl (C=O) groups excluding carboxylic acids is 1. The lowest BCUT2D eigenvalue weighted by atomic mass is 9.99. The fraction of sp³-hybridized carbons (Fsp3) is 0.696. The van der Waals surface area contributed by atoms with Crippen LogP contribution in [0.2, 0.25) is 0 Å². The molecule has 4 N–H and O–H groups in total. The Bertz CT molecular complexity index is 937. The first-order valence-electron chi connectivity index (χ1n) is 11.5. The molecule has 1 aromatic carbocycles. The summed E-state index contributed by atoms with van der Waals surface area (Å²) in [5.41, 5.74) is 0.971. The van der Waals surface area contributed by atoms with Crippen LogP contribution < -0.4 is 20.1 Å². The second-order valence-corrected chi connectivity index (χ2v) is 10.9. The van der Waals surface area contributed by atoms with E-state index in [9.17, 15) is 15.0 Å². The number of rotatable bonds is 8. The quantitative estimate of drug-likeness (QED) is 0.282. The summed E-state index contributed by atoms with van der Waals surface area (Å²) in [6, 6.07) is 0. The minimum atomic E-state index is -1.28. The van der Waals surface area contributed by atoms with Crippen molar-refractivity contribution < 1.29 is 48.3 Å². The molecule has 36 heavy (non-hydrogen) atoms. The maximum atomic E-state index is 13.5. The molecule has 3 rings (SSSR count). The molecule has 8 atom stereocenters. The molecule has 0 radical (unpaired) electrons. The van der Waals surface area contributed by atoms with Crippen molar-refractivity contribution in [3.63, 3.8) is 0 Å². The first kappa shape index (κ1) is 29.6. The number of aliphatic hydroxyl groups excluding tert-OH is 2. The van der Waals surface area contributed by atoms with E-state index < -0.39 is 37.0 Å². The van der Waals surface area contributed by atoms with Crippen LogP contribution >= 0.6 is 34.4 Å². The highest BCUT2D eigenvalue weighted by molar-refractivity contribution is 14.1. The number of nitrogens with two attached hydrogens (primary N) is 1. The van der Waals surface area contributed by atoms with Gasteiger partial charge < -0.3 is 38.6 Å². The topological polar surface area (TPSA) is 148 Å². The number of carbonyl (C=O) groups is 1. The number of hydrogen-bond donors (Lipinski definition) is 3. The molecule has 2 saturated heterocycles. The first-order chi connectivity index (χ1) is 17.1. The number of hydrogen-bond acceptors (Lipinski definition) is 12. The molecule has 0 spiro atoms. The summed E-state index contributed by atoms with van der Waals surface area (Å²) in [4.78, 5) is 18.3. The van der Waals surface area contributed by atoms with E-state index in [2.05, 4.69) is 22.6 Å².